The number of para-hydroxylation sites is 1. The van der Waals surface area contributed by atoms with Gasteiger partial charge in [-0.15, -0.1) is 0 Å². The summed E-state index contributed by atoms with van der Waals surface area (Å²) in [5, 5.41) is 4.81. The normalized spacial score (nSPS) is 10.8. The molecule has 2 aromatic carbocycles. The Balaban J connectivity index is 1.73. The molecule has 3 rings (SSSR count). The van der Waals surface area contributed by atoms with Crippen LogP contribution >= 0.6 is 11.6 Å². The molecule has 0 saturated heterocycles. The lowest BCUT2D eigenvalue weighted by Gasteiger charge is -2.23. The number of nitrogens with zero attached hydrogens (tertiary/aromatic N) is 1. The zero-order chi connectivity index (χ0) is 17.6. The molecule has 0 radical (unpaired) electrons. The molecule has 0 fully saturated rings. The predicted molar refractivity (Wildman–Crippen MR) is 103 cm³/mol. The Kier molecular flexibility index (Phi) is 5.61. The van der Waals surface area contributed by atoms with Crippen LogP contribution in [0.4, 0.5) is 4.79 Å². The van der Waals surface area contributed by atoms with E-state index in [9.17, 15) is 4.79 Å². The zero-order valence-electron chi connectivity index (χ0n) is 14.3. The van der Waals surface area contributed by atoms with E-state index in [0.29, 0.717) is 24.7 Å². The lowest BCUT2D eigenvalue weighted by atomic mass is 10.1. The number of rotatable bonds is 6. The topological polar surface area (TPSA) is 48.1 Å². The van der Waals surface area contributed by atoms with E-state index in [1.807, 2.05) is 54.4 Å². The molecule has 0 unspecified atom stereocenters. The molecule has 0 atom stereocenters. The maximum atomic E-state index is 12.4. The number of hydrogen-bond acceptors (Lipinski definition) is 1. The van der Waals surface area contributed by atoms with E-state index in [4.69, 9.17) is 11.6 Å². The Morgan fingerprint density at radius 2 is 1.92 bits per heavy atom. The molecule has 2 N–H and O–H groups in total. The number of nitrogens with one attached hydrogen (secondary N) is 2. The van der Waals surface area contributed by atoms with E-state index in [1.165, 1.54) is 10.9 Å². The third-order valence-electron chi connectivity index (χ3n) is 4.23. The van der Waals surface area contributed by atoms with E-state index in [2.05, 4.69) is 22.4 Å². The Morgan fingerprint density at radius 3 is 2.68 bits per heavy atom. The lowest BCUT2D eigenvalue weighted by Crippen LogP contribution is -2.40. The minimum Gasteiger partial charge on any atom is -0.361 e. The van der Waals surface area contributed by atoms with Crippen molar-refractivity contribution in [3.63, 3.8) is 0 Å². The van der Waals surface area contributed by atoms with Crippen LogP contribution in [0.3, 0.4) is 0 Å². The number of halogens is 1. The smallest absolute Gasteiger partial charge is 0.317 e. The predicted octanol–water partition coefficient (Wildman–Crippen LogP) is 4.60. The van der Waals surface area contributed by atoms with Gasteiger partial charge in [-0.3, -0.25) is 0 Å². The molecule has 2 amide bonds. The number of aromatic nitrogens is 1. The van der Waals surface area contributed by atoms with Crippen LogP contribution in [0.1, 0.15) is 18.1 Å². The van der Waals surface area contributed by atoms with Crippen molar-refractivity contribution < 1.29 is 4.79 Å². The van der Waals surface area contributed by atoms with Crippen molar-refractivity contribution in [2.75, 3.05) is 13.1 Å². The van der Waals surface area contributed by atoms with Crippen molar-refractivity contribution in [3.05, 3.63) is 70.9 Å². The maximum Gasteiger partial charge on any atom is 0.317 e. The van der Waals surface area contributed by atoms with Crippen molar-refractivity contribution in [1.82, 2.24) is 15.2 Å². The standard InChI is InChI=1S/C20H22ClN3O/c1-2-22-20(25)24(14-15-7-9-17(21)10-8-15)12-11-16-13-23-19-6-4-3-5-18(16)19/h3-10,13,23H,2,11-12,14H2,1H3,(H,22,25). The molecule has 4 nitrogen and oxygen atoms in total. The summed E-state index contributed by atoms with van der Waals surface area (Å²) in [6, 6.07) is 15.8. The molecule has 3 aromatic rings. The Labute approximate surface area is 152 Å². The number of fused-ring (bicyclic) bond motifs is 1. The summed E-state index contributed by atoms with van der Waals surface area (Å²) in [6.07, 6.45) is 2.83. The summed E-state index contributed by atoms with van der Waals surface area (Å²) in [7, 11) is 0. The first-order valence-corrected chi connectivity index (χ1v) is 8.87. The summed E-state index contributed by atoms with van der Waals surface area (Å²) in [5.41, 5.74) is 3.41. The Morgan fingerprint density at radius 1 is 1.16 bits per heavy atom. The van der Waals surface area contributed by atoms with Crippen molar-refractivity contribution in [2.45, 2.75) is 19.9 Å². The molecular weight excluding hydrogens is 334 g/mol. The monoisotopic (exact) mass is 355 g/mol. The zero-order valence-corrected chi connectivity index (χ0v) is 15.0. The van der Waals surface area contributed by atoms with Gasteiger partial charge in [0.25, 0.3) is 0 Å². The molecule has 0 aliphatic heterocycles. The molecule has 130 valence electrons. The van der Waals surface area contributed by atoms with Gasteiger partial charge < -0.3 is 15.2 Å². The number of carbonyl (C=O) groups excluding carboxylic acids is 1. The third kappa shape index (κ3) is 4.34. The summed E-state index contributed by atoms with van der Waals surface area (Å²) in [5.74, 6) is 0. The Hall–Kier alpha value is -2.46. The van der Waals surface area contributed by atoms with Crippen LogP contribution in [-0.2, 0) is 13.0 Å². The van der Waals surface area contributed by atoms with Gasteiger partial charge in [-0.2, -0.15) is 0 Å². The van der Waals surface area contributed by atoms with E-state index in [-0.39, 0.29) is 6.03 Å². The molecule has 0 bridgehead atoms. The van der Waals surface area contributed by atoms with Gasteiger partial charge in [0.05, 0.1) is 0 Å². The minimum atomic E-state index is -0.0442. The second-order valence-corrected chi connectivity index (χ2v) is 6.43. The van der Waals surface area contributed by atoms with Crippen LogP contribution in [0.2, 0.25) is 5.02 Å². The van der Waals surface area contributed by atoms with E-state index < -0.39 is 0 Å². The van der Waals surface area contributed by atoms with Crippen molar-refractivity contribution in [3.8, 4) is 0 Å². The van der Waals surface area contributed by atoms with Crippen LogP contribution in [-0.4, -0.2) is 29.0 Å². The fourth-order valence-electron chi connectivity index (χ4n) is 2.92. The molecule has 0 aliphatic carbocycles. The van der Waals surface area contributed by atoms with Crippen molar-refractivity contribution in [2.24, 2.45) is 0 Å². The first-order chi connectivity index (χ1) is 12.2. The van der Waals surface area contributed by atoms with Crippen LogP contribution in [0.5, 0.6) is 0 Å². The number of carbonyl (C=O) groups is 1. The SMILES string of the molecule is CCNC(=O)N(CCc1c[nH]c2ccccc12)Cc1ccc(Cl)cc1. The fraction of sp³-hybridized carbons (Fsp3) is 0.250. The third-order valence-corrected chi connectivity index (χ3v) is 4.48. The number of urea groups is 1. The van der Waals surface area contributed by atoms with Gasteiger partial charge in [0.2, 0.25) is 0 Å². The number of hydrogen-bond donors (Lipinski definition) is 2. The number of aromatic amines is 1. The average molecular weight is 356 g/mol. The van der Waals surface area contributed by atoms with Crippen LogP contribution < -0.4 is 5.32 Å². The minimum absolute atomic E-state index is 0.0442. The van der Waals surface area contributed by atoms with Crippen LogP contribution in [0.15, 0.2) is 54.7 Å². The largest absolute Gasteiger partial charge is 0.361 e. The molecular formula is C20H22ClN3O. The molecule has 0 aliphatic rings. The summed E-state index contributed by atoms with van der Waals surface area (Å²) < 4.78 is 0. The van der Waals surface area contributed by atoms with Gasteiger partial charge in [0.15, 0.2) is 0 Å². The van der Waals surface area contributed by atoms with Gasteiger partial charge in [0, 0.05) is 41.8 Å². The summed E-state index contributed by atoms with van der Waals surface area (Å²) in [6.45, 7) is 3.75. The summed E-state index contributed by atoms with van der Waals surface area (Å²) in [4.78, 5) is 17.5. The van der Waals surface area contributed by atoms with Gasteiger partial charge in [0.1, 0.15) is 0 Å². The van der Waals surface area contributed by atoms with Crippen molar-refractivity contribution >= 4 is 28.5 Å². The average Bonchev–Trinajstić information content (AvgIpc) is 3.03. The first-order valence-electron chi connectivity index (χ1n) is 8.49. The van der Waals surface area contributed by atoms with E-state index >= 15 is 0 Å². The number of amides is 2. The molecule has 0 spiro atoms. The van der Waals surface area contributed by atoms with Gasteiger partial charge >= 0.3 is 6.03 Å². The highest BCUT2D eigenvalue weighted by Crippen LogP contribution is 2.19. The van der Waals surface area contributed by atoms with Gasteiger partial charge in [-0.25, -0.2) is 4.79 Å². The van der Waals surface area contributed by atoms with Gasteiger partial charge in [-0.05, 0) is 42.7 Å². The number of benzene rings is 2. The molecule has 1 heterocycles. The molecule has 1 aromatic heterocycles. The van der Waals surface area contributed by atoms with Crippen molar-refractivity contribution in [1.29, 1.82) is 0 Å². The second-order valence-electron chi connectivity index (χ2n) is 5.99. The highest BCUT2D eigenvalue weighted by Gasteiger charge is 2.14. The molecule has 25 heavy (non-hydrogen) atoms. The highest BCUT2D eigenvalue weighted by atomic mass is 35.5. The highest BCUT2D eigenvalue weighted by molar-refractivity contribution is 6.30. The van der Waals surface area contributed by atoms with Crippen LogP contribution in [0, 0.1) is 0 Å². The fourth-order valence-corrected chi connectivity index (χ4v) is 3.05. The maximum absolute atomic E-state index is 12.4. The molecule has 0 saturated carbocycles. The first kappa shape index (κ1) is 17.4. The number of H-pyrrole nitrogens is 1. The van der Waals surface area contributed by atoms with E-state index in [1.54, 1.807) is 0 Å². The Bertz CT molecular complexity index is 842. The van der Waals surface area contributed by atoms with Gasteiger partial charge in [-0.1, -0.05) is 41.9 Å². The second kappa shape index (κ2) is 8.08. The van der Waals surface area contributed by atoms with E-state index in [0.717, 1.165) is 17.5 Å². The van der Waals surface area contributed by atoms with Crippen LogP contribution in [0.25, 0.3) is 10.9 Å². The molecule has 5 heteroatoms. The quantitative estimate of drug-likeness (QED) is 0.667. The lowest BCUT2D eigenvalue weighted by molar-refractivity contribution is 0.196. The summed E-state index contributed by atoms with van der Waals surface area (Å²) >= 11 is 5.95.